The van der Waals surface area contributed by atoms with Crippen LogP contribution >= 0.6 is 0 Å². The van der Waals surface area contributed by atoms with Gasteiger partial charge in [-0.3, -0.25) is 14.4 Å². The third-order valence-electron chi connectivity index (χ3n) is 8.40. The Hall–Kier alpha value is -3.48. The Kier molecular flexibility index (Phi) is 15.8. The number of hydrogen-bond donors (Lipinski definition) is 0. The molecule has 0 unspecified atom stereocenters. The standard InChI is InChI=1S/C38H53FN2O4/c1-4-5-6-7-8-9-10-11-12-13-14-19-36(42)40(25-24-30(2)3)28-37(43)41(26-31-20-22-33(39)23-21-31)27-32-29-45-35-18-16-15-17-34(35)38(32)44/h15-18,20-23,29-30H,4-14,19,24-28H2,1-3H3. The van der Waals surface area contributed by atoms with Gasteiger partial charge in [-0.1, -0.05) is 109 Å². The van der Waals surface area contributed by atoms with Crippen molar-refractivity contribution in [3.63, 3.8) is 0 Å². The Bertz CT molecular complexity index is 1370. The highest BCUT2D eigenvalue weighted by atomic mass is 19.1. The van der Waals surface area contributed by atoms with Gasteiger partial charge in [-0.25, -0.2) is 4.39 Å². The summed E-state index contributed by atoms with van der Waals surface area (Å²) < 4.78 is 19.3. The van der Waals surface area contributed by atoms with E-state index in [1.165, 1.54) is 69.8 Å². The summed E-state index contributed by atoms with van der Waals surface area (Å²) in [7, 11) is 0. The van der Waals surface area contributed by atoms with E-state index in [-0.39, 0.29) is 42.7 Å². The third kappa shape index (κ3) is 12.8. The van der Waals surface area contributed by atoms with Gasteiger partial charge in [-0.05, 0) is 48.6 Å². The van der Waals surface area contributed by atoms with E-state index in [9.17, 15) is 18.8 Å². The lowest BCUT2D eigenvalue weighted by molar-refractivity contribution is -0.141. The maximum Gasteiger partial charge on any atom is 0.242 e. The third-order valence-corrected chi connectivity index (χ3v) is 8.40. The minimum absolute atomic E-state index is 0.00752. The van der Waals surface area contributed by atoms with Crippen molar-refractivity contribution in [1.82, 2.24) is 9.80 Å². The number of halogens is 1. The van der Waals surface area contributed by atoms with Gasteiger partial charge in [0.05, 0.1) is 30.3 Å². The van der Waals surface area contributed by atoms with E-state index in [4.69, 9.17) is 4.42 Å². The smallest absolute Gasteiger partial charge is 0.242 e. The molecule has 0 saturated heterocycles. The number of carbonyl (C=O) groups is 2. The van der Waals surface area contributed by atoms with Crippen LogP contribution in [0.25, 0.3) is 11.0 Å². The molecule has 3 rings (SSSR count). The number of amides is 2. The number of rotatable bonds is 21. The molecule has 0 radical (unpaired) electrons. The van der Waals surface area contributed by atoms with Gasteiger partial charge >= 0.3 is 0 Å². The molecule has 3 aromatic rings. The Labute approximate surface area is 269 Å². The Morgan fingerprint density at radius 2 is 1.40 bits per heavy atom. The monoisotopic (exact) mass is 620 g/mol. The average Bonchev–Trinajstić information content (AvgIpc) is 3.03. The Morgan fingerprint density at radius 1 is 0.778 bits per heavy atom. The van der Waals surface area contributed by atoms with Crippen molar-refractivity contribution in [1.29, 1.82) is 0 Å². The van der Waals surface area contributed by atoms with E-state index in [2.05, 4.69) is 20.8 Å². The number of para-hydroxylation sites is 1. The van der Waals surface area contributed by atoms with Crippen molar-refractivity contribution in [2.75, 3.05) is 13.1 Å². The highest BCUT2D eigenvalue weighted by Gasteiger charge is 2.23. The van der Waals surface area contributed by atoms with Gasteiger partial charge in [-0.2, -0.15) is 0 Å². The van der Waals surface area contributed by atoms with E-state index in [0.717, 1.165) is 31.2 Å². The molecule has 0 atom stereocenters. The van der Waals surface area contributed by atoms with Crippen LogP contribution in [0.15, 0.2) is 64.0 Å². The van der Waals surface area contributed by atoms with Crippen LogP contribution in [0.2, 0.25) is 0 Å². The van der Waals surface area contributed by atoms with Crippen LogP contribution in [0.4, 0.5) is 4.39 Å². The minimum atomic E-state index is -0.361. The molecule has 7 heteroatoms. The molecule has 0 bridgehead atoms. The van der Waals surface area contributed by atoms with E-state index in [1.54, 1.807) is 46.2 Å². The molecule has 6 nitrogen and oxygen atoms in total. The van der Waals surface area contributed by atoms with Crippen LogP contribution in [-0.4, -0.2) is 34.7 Å². The van der Waals surface area contributed by atoms with E-state index in [0.29, 0.717) is 35.4 Å². The van der Waals surface area contributed by atoms with E-state index < -0.39 is 0 Å². The van der Waals surface area contributed by atoms with Gasteiger partial charge in [0.25, 0.3) is 0 Å². The number of nitrogens with zero attached hydrogens (tertiary/aromatic N) is 2. The van der Waals surface area contributed by atoms with Crippen LogP contribution in [0.3, 0.4) is 0 Å². The first-order chi connectivity index (χ1) is 21.8. The van der Waals surface area contributed by atoms with Gasteiger partial charge in [0, 0.05) is 19.5 Å². The molecule has 0 aliphatic carbocycles. The summed E-state index contributed by atoms with van der Waals surface area (Å²) in [5, 5.41) is 0.449. The zero-order valence-electron chi connectivity index (χ0n) is 27.7. The summed E-state index contributed by atoms with van der Waals surface area (Å²) in [4.78, 5) is 43.7. The highest BCUT2D eigenvalue weighted by molar-refractivity contribution is 5.85. The molecule has 0 N–H and O–H groups in total. The van der Waals surface area contributed by atoms with Gasteiger partial charge < -0.3 is 14.2 Å². The summed E-state index contributed by atoms with van der Waals surface area (Å²) in [5.41, 5.74) is 1.37. The first-order valence-electron chi connectivity index (χ1n) is 17.1. The molecule has 0 aliphatic rings. The number of carbonyl (C=O) groups excluding carboxylic acids is 2. The quantitative estimate of drug-likeness (QED) is 0.111. The fraction of sp³-hybridized carbons (Fsp3) is 0.553. The predicted molar refractivity (Wildman–Crippen MR) is 180 cm³/mol. The van der Waals surface area contributed by atoms with Crippen LogP contribution in [0, 0.1) is 11.7 Å². The molecular formula is C38H53FN2O4. The van der Waals surface area contributed by atoms with Crippen molar-refractivity contribution >= 4 is 22.8 Å². The van der Waals surface area contributed by atoms with Gasteiger partial charge in [0.2, 0.25) is 11.8 Å². The Morgan fingerprint density at radius 3 is 2.04 bits per heavy atom. The number of unbranched alkanes of at least 4 members (excludes halogenated alkanes) is 10. The zero-order chi connectivity index (χ0) is 32.4. The molecule has 0 aliphatic heterocycles. The van der Waals surface area contributed by atoms with Crippen LogP contribution in [0.1, 0.15) is 115 Å². The molecule has 1 heterocycles. The van der Waals surface area contributed by atoms with Crippen molar-refractivity contribution in [3.8, 4) is 0 Å². The van der Waals surface area contributed by atoms with Crippen LogP contribution in [0.5, 0.6) is 0 Å². The topological polar surface area (TPSA) is 70.8 Å². The summed E-state index contributed by atoms with van der Waals surface area (Å²) in [6.45, 7) is 7.09. The summed E-state index contributed by atoms with van der Waals surface area (Å²) in [5.74, 6) is -0.246. The highest BCUT2D eigenvalue weighted by Crippen LogP contribution is 2.17. The van der Waals surface area contributed by atoms with Crippen LogP contribution in [-0.2, 0) is 22.7 Å². The molecular weight excluding hydrogens is 567 g/mol. The minimum Gasteiger partial charge on any atom is -0.464 e. The molecule has 0 spiro atoms. The molecule has 2 aromatic carbocycles. The largest absolute Gasteiger partial charge is 0.464 e. The first kappa shape index (κ1) is 36.0. The molecule has 2 amide bonds. The van der Waals surface area contributed by atoms with E-state index in [1.807, 2.05) is 0 Å². The van der Waals surface area contributed by atoms with E-state index >= 15 is 0 Å². The second-order valence-electron chi connectivity index (χ2n) is 12.7. The lowest BCUT2D eigenvalue weighted by atomic mass is 10.0. The fourth-order valence-electron chi connectivity index (χ4n) is 5.54. The van der Waals surface area contributed by atoms with Crippen molar-refractivity contribution < 1.29 is 18.4 Å². The SMILES string of the molecule is CCCCCCCCCCCCCC(=O)N(CCC(C)C)CC(=O)N(Cc1ccc(F)cc1)Cc1coc2ccccc2c1=O. The number of fused-ring (bicyclic) bond motifs is 1. The molecule has 1 aromatic heterocycles. The second-order valence-corrected chi connectivity index (χ2v) is 12.7. The number of benzene rings is 2. The van der Waals surface area contributed by atoms with Crippen molar-refractivity contribution in [2.24, 2.45) is 5.92 Å². The van der Waals surface area contributed by atoms with Crippen LogP contribution < -0.4 is 5.43 Å². The first-order valence-corrected chi connectivity index (χ1v) is 17.1. The summed E-state index contributed by atoms with van der Waals surface area (Å²) in [6.07, 6.45) is 16.0. The number of hydrogen-bond acceptors (Lipinski definition) is 4. The Balaban J connectivity index is 1.63. The van der Waals surface area contributed by atoms with Gasteiger partial charge in [-0.15, -0.1) is 0 Å². The predicted octanol–water partition coefficient (Wildman–Crippen LogP) is 9.04. The lowest BCUT2D eigenvalue weighted by Gasteiger charge is -2.28. The summed E-state index contributed by atoms with van der Waals surface area (Å²) >= 11 is 0. The van der Waals surface area contributed by atoms with Crippen molar-refractivity contribution in [2.45, 2.75) is 117 Å². The maximum atomic E-state index is 13.8. The normalized spacial score (nSPS) is 11.3. The van der Waals surface area contributed by atoms with Gasteiger partial charge in [0.1, 0.15) is 11.4 Å². The molecule has 0 saturated carbocycles. The molecule has 45 heavy (non-hydrogen) atoms. The molecule has 0 fully saturated rings. The maximum absolute atomic E-state index is 13.8. The fourth-order valence-corrected chi connectivity index (χ4v) is 5.54. The summed E-state index contributed by atoms with van der Waals surface area (Å²) in [6, 6.07) is 13.0. The second kappa shape index (κ2) is 19.8. The average molecular weight is 621 g/mol. The van der Waals surface area contributed by atoms with Crippen molar-refractivity contribution in [3.05, 3.63) is 82.0 Å². The lowest BCUT2D eigenvalue weighted by Crippen LogP contribution is -2.43. The molecule has 246 valence electrons. The zero-order valence-corrected chi connectivity index (χ0v) is 27.7. The van der Waals surface area contributed by atoms with Gasteiger partial charge in [0.15, 0.2) is 5.43 Å².